The monoisotopic (exact) mass is 488 g/mol. The number of hydrogen-bond acceptors (Lipinski definition) is 5. The Morgan fingerprint density at radius 3 is 2.67 bits per heavy atom. The molecule has 0 aromatic heterocycles. The molecular weight excluding hydrogens is 452 g/mol. The predicted octanol–water partition coefficient (Wildman–Crippen LogP) is 5.02. The number of Topliss-reactive ketones (excluding diaryl/α,β-unsaturated/α-hetero) is 1. The maximum Gasteiger partial charge on any atom is 0.202 e. The standard InChI is InChI=1S/C31H36O5/c1-29-14-12-21(32)16-20(29)10-11-23-24-13-15-31(35,30(24,2)17-25(33)28(23)29)27(34)18-36-26-9-5-7-19-6-3-4-8-22(19)26/h3-9,16,23-25,28,33,35H,10-15,17-18H2,1-2H3/t23?,24?,25-,28?,29?,30?,31-/m0/s1. The number of aliphatic hydroxyl groups excluding tert-OH is 1. The highest BCUT2D eigenvalue weighted by molar-refractivity contribution is 5.92. The van der Waals surface area contributed by atoms with Gasteiger partial charge in [0.25, 0.3) is 0 Å². The Balaban J connectivity index is 1.26. The number of hydrogen-bond donors (Lipinski definition) is 2. The summed E-state index contributed by atoms with van der Waals surface area (Å²) in [6.45, 7) is 4.04. The van der Waals surface area contributed by atoms with Gasteiger partial charge in [0.1, 0.15) is 18.0 Å². The van der Waals surface area contributed by atoms with Crippen LogP contribution in [-0.2, 0) is 9.59 Å². The average molecular weight is 489 g/mol. The predicted molar refractivity (Wildman–Crippen MR) is 137 cm³/mol. The van der Waals surface area contributed by atoms with Gasteiger partial charge in [0.05, 0.1) is 6.10 Å². The quantitative estimate of drug-likeness (QED) is 0.631. The molecule has 4 aliphatic carbocycles. The minimum Gasteiger partial charge on any atom is -0.485 e. The molecule has 190 valence electrons. The van der Waals surface area contributed by atoms with Gasteiger partial charge in [0.2, 0.25) is 5.78 Å². The normalized spacial score (nSPS) is 39.7. The zero-order valence-electron chi connectivity index (χ0n) is 21.2. The molecule has 36 heavy (non-hydrogen) atoms. The van der Waals surface area contributed by atoms with Crippen molar-refractivity contribution in [2.75, 3.05) is 6.61 Å². The zero-order chi connectivity index (χ0) is 25.3. The first-order chi connectivity index (χ1) is 17.2. The van der Waals surface area contributed by atoms with Crippen LogP contribution in [0.5, 0.6) is 5.75 Å². The number of benzene rings is 2. The van der Waals surface area contributed by atoms with Crippen LogP contribution in [0, 0.1) is 28.6 Å². The first-order valence-electron chi connectivity index (χ1n) is 13.5. The molecule has 0 spiro atoms. The van der Waals surface area contributed by atoms with Crippen LogP contribution in [0.15, 0.2) is 54.1 Å². The molecule has 2 aromatic carbocycles. The number of fused-ring (bicyclic) bond motifs is 6. The van der Waals surface area contributed by atoms with Crippen molar-refractivity contribution < 1.29 is 24.5 Å². The second kappa shape index (κ2) is 8.26. The van der Waals surface area contributed by atoms with E-state index < -0.39 is 17.1 Å². The molecule has 0 amide bonds. The molecule has 0 saturated heterocycles. The number of ketones is 2. The van der Waals surface area contributed by atoms with E-state index in [4.69, 9.17) is 4.74 Å². The van der Waals surface area contributed by atoms with Crippen LogP contribution in [0.1, 0.15) is 58.8 Å². The minimum absolute atomic E-state index is 0.0630. The van der Waals surface area contributed by atoms with Crippen LogP contribution in [0.4, 0.5) is 0 Å². The third-order valence-electron chi connectivity index (χ3n) is 10.6. The lowest BCUT2D eigenvalue weighted by Gasteiger charge is -2.60. The first-order valence-corrected chi connectivity index (χ1v) is 13.5. The molecule has 5 nitrogen and oxygen atoms in total. The first kappa shape index (κ1) is 23.9. The van der Waals surface area contributed by atoms with Crippen molar-refractivity contribution in [2.45, 2.75) is 70.5 Å². The van der Waals surface area contributed by atoms with Crippen LogP contribution in [-0.4, -0.2) is 40.1 Å². The van der Waals surface area contributed by atoms with Crippen molar-refractivity contribution >= 4 is 22.3 Å². The number of carbonyl (C=O) groups is 2. The molecule has 3 saturated carbocycles. The molecular formula is C31H36O5. The molecule has 0 bridgehead atoms. The minimum atomic E-state index is -1.52. The smallest absolute Gasteiger partial charge is 0.202 e. The number of allylic oxidation sites excluding steroid dienone is 1. The van der Waals surface area contributed by atoms with Gasteiger partial charge in [-0.3, -0.25) is 9.59 Å². The fourth-order valence-electron chi connectivity index (χ4n) is 8.73. The summed E-state index contributed by atoms with van der Waals surface area (Å²) in [5, 5.41) is 25.5. The fraction of sp³-hybridized carbons (Fsp3) is 0.548. The van der Waals surface area contributed by atoms with E-state index in [1.807, 2.05) is 55.5 Å². The summed E-state index contributed by atoms with van der Waals surface area (Å²) in [6.07, 6.45) is 5.86. The van der Waals surface area contributed by atoms with Crippen LogP contribution in [0.3, 0.4) is 0 Å². The topological polar surface area (TPSA) is 83.8 Å². The number of aliphatic hydroxyl groups is 2. The highest BCUT2D eigenvalue weighted by Gasteiger charge is 2.68. The lowest BCUT2D eigenvalue weighted by molar-refractivity contribution is -0.181. The van der Waals surface area contributed by atoms with Crippen molar-refractivity contribution in [2.24, 2.45) is 28.6 Å². The van der Waals surface area contributed by atoms with Crippen molar-refractivity contribution in [3.8, 4) is 5.75 Å². The molecule has 7 atom stereocenters. The molecule has 6 rings (SSSR count). The van der Waals surface area contributed by atoms with Gasteiger partial charge in [-0.1, -0.05) is 55.8 Å². The molecule has 5 unspecified atom stereocenters. The molecule has 5 heteroatoms. The van der Waals surface area contributed by atoms with Gasteiger partial charge in [0.15, 0.2) is 5.78 Å². The third kappa shape index (κ3) is 3.28. The van der Waals surface area contributed by atoms with E-state index in [9.17, 15) is 19.8 Å². The van der Waals surface area contributed by atoms with Gasteiger partial charge in [-0.05, 0) is 79.2 Å². The molecule has 2 aromatic rings. The van der Waals surface area contributed by atoms with E-state index in [2.05, 4.69) is 6.92 Å². The van der Waals surface area contributed by atoms with Crippen LogP contribution < -0.4 is 4.74 Å². The van der Waals surface area contributed by atoms with Gasteiger partial charge in [-0.15, -0.1) is 0 Å². The largest absolute Gasteiger partial charge is 0.485 e. The summed E-state index contributed by atoms with van der Waals surface area (Å²) in [4.78, 5) is 25.7. The average Bonchev–Trinajstić information content (AvgIpc) is 3.13. The lowest BCUT2D eigenvalue weighted by atomic mass is 9.45. The number of ether oxygens (including phenoxy) is 1. The molecule has 3 fully saturated rings. The van der Waals surface area contributed by atoms with E-state index in [1.54, 1.807) is 0 Å². The van der Waals surface area contributed by atoms with Crippen LogP contribution >= 0.6 is 0 Å². The van der Waals surface area contributed by atoms with Gasteiger partial charge in [0, 0.05) is 17.2 Å². The van der Waals surface area contributed by atoms with E-state index in [0.29, 0.717) is 25.0 Å². The molecule has 0 radical (unpaired) electrons. The Kier molecular flexibility index (Phi) is 5.47. The van der Waals surface area contributed by atoms with Crippen LogP contribution in [0.2, 0.25) is 0 Å². The summed E-state index contributed by atoms with van der Waals surface area (Å²) < 4.78 is 6.00. The van der Waals surface area contributed by atoms with Gasteiger partial charge in [-0.2, -0.15) is 0 Å². The Bertz CT molecular complexity index is 1260. The maximum absolute atomic E-state index is 13.6. The van der Waals surface area contributed by atoms with E-state index in [0.717, 1.165) is 36.5 Å². The van der Waals surface area contributed by atoms with Crippen LogP contribution in [0.25, 0.3) is 10.8 Å². The maximum atomic E-state index is 13.6. The Morgan fingerprint density at radius 1 is 1.06 bits per heavy atom. The second-order valence-corrected chi connectivity index (χ2v) is 12.2. The molecule has 2 N–H and O–H groups in total. The summed E-state index contributed by atoms with van der Waals surface area (Å²) >= 11 is 0. The molecule has 0 aliphatic heterocycles. The highest BCUT2D eigenvalue weighted by atomic mass is 16.5. The summed E-state index contributed by atoms with van der Waals surface area (Å²) in [5.74, 6) is 0.997. The molecule has 4 aliphatic rings. The zero-order valence-corrected chi connectivity index (χ0v) is 21.2. The van der Waals surface area contributed by atoms with Crippen molar-refractivity contribution in [3.63, 3.8) is 0 Å². The Hall–Kier alpha value is -2.50. The van der Waals surface area contributed by atoms with Gasteiger partial charge in [-0.25, -0.2) is 0 Å². The summed E-state index contributed by atoms with van der Waals surface area (Å²) in [7, 11) is 0. The summed E-state index contributed by atoms with van der Waals surface area (Å²) in [5.41, 5.74) is -1.21. The van der Waals surface area contributed by atoms with Crippen molar-refractivity contribution in [1.82, 2.24) is 0 Å². The summed E-state index contributed by atoms with van der Waals surface area (Å²) in [6, 6.07) is 13.7. The van der Waals surface area contributed by atoms with E-state index in [-0.39, 0.29) is 41.3 Å². The molecule has 0 heterocycles. The van der Waals surface area contributed by atoms with Gasteiger partial charge < -0.3 is 14.9 Å². The second-order valence-electron chi connectivity index (χ2n) is 12.2. The Labute approximate surface area is 212 Å². The van der Waals surface area contributed by atoms with E-state index in [1.165, 1.54) is 5.57 Å². The third-order valence-corrected chi connectivity index (χ3v) is 10.6. The number of carbonyl (C=O) groups excluding carboxylic acids is 2. The SMILES string of the molecule is CC12CCC(=O)C=C1CCC1C2[C@@H](O)CC2(C)C1CC[C@]2(O)C(=O)COc1cccc2ccccc12. The van der Waals surface area contributed by atoms with Crippen molar-refractivity contribution in [3.05, 3.63) is 54.1 Å². The van der Waals surface area contributed by atoms with Crippen molar-refractivity contribution in [1.29, 1.82) is 0 Å². The Morgan fingerprint density at radius 2 is 1.83 bits per heavy atom. The van der Waals surface area contributed by atoms with E-state index >= 15 is 0 Å². The van der Waals surface area contributed by atoms with Gasteiger partial charge >= 0.3 is 0 Å². The number of rotatable bonds is 4. The fourth-order valence-corrected chi connectivity index (χ4v) is 8.73. The lowest BCUT2D eigenvalue weighted by Crippen LogP contribution is -2.62. The highest BCUT2D eigenvalue weighted by Crippen LogP contribution is 2.67.